The monoisotopic (exact) mass is 160 g/mol. The second kappa shape index (κ2) is 4.07. The van der Waals surface area contributed by atoms with Crippen molar-refractivity contribution < 1.29 is 10.2 Å². The molecule has 0 aliphatic heterocycles. The maximum Gasteiger partial charge on any atom is 0.0613 e. The lowest BCUT2D eigenvalue weighted by molar-refractivity contribution is -0.0497. The van der Waals surface area contributed by atoms with Crippen LogP contribution in [0.5, 0.6) is 0 Å². The fraction of sp³-hybridized carbons (Fsp3) is 1.00. The van der Waals surface area contributed by atoms with Crippen LogP contribution < -0.4 is 0 Å². The minimum absolute atomic E-state index is 0.372. The number of hydrogen-bond donors (Lipinski definition) is 2. The summed E-state index contributed by atoms with van der Waals surface area (Å²) < 4.78 is 0. The van der Waals surface area contributed by atoms with Crippen LogP contribution in [0, 0.1) is 5.41 Å². The molecule has 0 aromatic heterocycles. The van der Waals surface area contributed by atoms with Crippen LogP contribution in [0.3, 0.4) is 0 Å². The third-order valence-corrected chi connectivity index (χ3v) is 2.49. The first kappa shape index (κ1) is 10.9. The first-order valence-corrected chi connectivity index (χ1v) is 4.32. The highest BCUT2D eigenvalue weighted by molar-refractivity contribution is 4.83. The van der Waals surface area contributed by atoms with Crippen molar-refractivity contribution >= 4 is 0 Å². The zero-order valence-corrected chi connectivity index (χ0v) is 7.96. The summed E-state index contributed by atoms with van der Waals surface area (Å²) in [5.41, 5.74) is -0.372. The van der Waals surface area contributed by atoms with E-state index in [-0.39, 0.29) is 5.41 Å². The highest BCUT2D eigenvalue weighted by Crippen LogP contribution is 2.28. The van der Waals surface area contributed by atoms with Crippen molar-refractivity contribution in [2.45, 2.75) is 52.7 Å². The zero-order chi connectivity index (χ0) is 9.07. The van der Waals surface area contributed by atoms with E-state index in [2.05, 4.69) is 0 Å². The lowest BCUT2D eigenvalue weighted by atomic mass is 9.78. The topological polar surface area (TPSA) is 40.5 Å². The summed E-state index contributed by atoms with van der Waals surface area (Å²) >= 11 is 0. The van der Waals surface area contributed by atoms with Crippen LogP contribution >= 0.6 is 0 Å². The molecule has 0 saturated carbocycles. The molecule has 0 rings (SSSR count). The van der Waals surface area contributed by atoms with Crippen LogP contribution in [0.4, 0.5) is 0 Å². The first-order valence-electron chi connectivity index (χ1n) is 4.32. The average molecular weight is 160 g/mol. The summed E-state index contributed by atoms with van der Waals surface area (Å²) in [7, 11) is 0. The summed E-state index contributed by atoms with van der Waals surface area (Å²) in [6.07, 6.45) is 0.587. The minimum Gasteiger partial charge on any atom is -0.392 e. The van der Waals surface area contributed by atoms with Gasteiger partial charge >= 0.3 is 0 Å². The van der Waals surface area contributed by atoms with Gasteiger partial charge in [-0.25, -0.2) is 0 Å². The van der Waals surface area contributed by atoms with Gasteiger partial charge in [0.05, 0.1) is 12.2 Å². The van der Waals surface area contributed by atoms with E-state index >= 15 is 0 Å². The van der Waals surface area contributed by atoms with Crippen molar-refractivity contribution in [3.8, 4) is 0 Å². The SMILES string of the molecule is CCC(O)C(C)(C)C(O)CC. The summed E-state index contributed by atoms with van der Waals surface area (Å²) in [4.78, 5) is 0. The minimum atomic E-state index is -0.405. The molecular weight excluding hydrogens is 140 g/mol. The fourth-order valence-electron chi connectivity index (χ4n) is 1.27. The van der Waals surface area contributed by atoms with E-state index in [1.807, 2.05) is 27.7 Å². The van der Waals surface area contributed by atoms with Crippen LogP contribution in [0.15, 0.2) is 0 Å². The van der Waals surface area contributed by atoms with E-state index in [0.29, 0.717) is 12.8 Å². The highest BCUT2D eigenvalue weighted by atomic mass is 16.3. The van der Waals surface area contributed by atoms with Crippen LogP contribution in [0.25, 0.3) is 0 Å². The molecular formula is C9H20O2. The van der Waals surface area contributed by atoms with Crippen LogP contribution in [-0.2, 0) is 0 Å². The molecule has 0 aliphatic rings. The molecule has 0 radical (unpaired) electrons. The van der Waals surface area contributed by atoms with Gasteiger partial charge in [0, 0.05) is 5.41 Å². The molecule has 0 aromatic carbocycles. The van der Waals surface area contributed by atoms with Crippen molar-refractivity contribution in [2.75, 3.05) is 0 Å². The van der Waals surface area contributed by atoms with Gasteiger partial charge in [0.25, 0.3) is 0 Å². The predicted molar refractivity (Wildman–Crippen MR) is 46.4 cm³/mol. The molecule has 2 heteroatoms. The number of rotatable bonds is 4. The molecule has 0 saturated heterocycles. The van der Waals surface area contributed by atoms with Crippen LogP contribution in [0.1, 0.15) is 40.5 Å². The maximum absolute atomic E-state index is 9.53. The van der Waals surface area contributed by atoms with Gasteiger partial charge in [-0.2, -0.15) is 0 Å². The summed E-state index contributed by atoms with van der Waals surface area (Å²) in [6.45, 7) is 7.65. The van der Waals surface area contributed by atoms with Gasteiger partial charge in [-0.3, -0.25) is 0 Å². The summed E-state index contributed by atoms with van der Waals surface area (Å²) in [6, 6.07) is 0. The van der Waals surface area contributed by atoms with E-state index in [0.717, 1.165) is 0 Å². The van der Waals surface area contributed by atoms with Crippen molar-refractivity contribution in [3.63, 3.8) is 0 Å². The Morgan fingerprint density at radius 1 is 1.00 bits per heavy atom. The van der Waals surface area contributed by atoms with Crippen molar-refractivity contribution in [1.82, 2.24) is 0 Å². The van der Waals surface area contributed by atoms with Gasteiger partial charge in [-0.05, 0) is 12.8 Å². The van der Waals surface area contributed by atoms with E-state index in [1.54, 1.807) is 0 Å². The predicted octanol–water partition coefficient (Wildman–Crippen LogP) is 1.55. The van der Waals surface area contributed by atoms with E-state index < -0.39 is 12.2 Å². The number of aliphatic hydroxyl groups is 2. The molecule has 0 aromatic rings. The lowest BCUT2D eigenvalue weighted by Gasteiger charge is -2.34. The second-order valence-electron chi connectivity index (χ2n) is 3.67. The van der Waals surface area contributed by atoms with Crippen molar-refractivity contribution in [2.24, 2.45) is 5.41 Å². The zero-order valence-electron chi connectivity index (χ0n) is 7.96. The molecule has 0 bridgehead atoms. The average Bonchev–Trinajstić information content (AvgIpc) is 2.01. The standard InChI is InChI=1S/C9H20O2/c1-5-7(10)9(3,4)8(11)6-2/h7-8,10-11H,5-6H2,1-4H3. The molecule has 0 amide bonds. The molecule has 0 fully saturated rings. The Balaban J connectivity index is 4.18. The van der Waals surface area contributed by atoms with Crippen molar-refractivity contribution in [3.05, 3.63) is 0 Å². The third-order valence-electron chi connectivity index (χ3n) is 2.49. The molecule has 2 nitrogen and oxygen atoms in total. The molecule has 0 spiro atoms. The van der Waals surface area contributed by atoms with E-state index in [4.69, 9.17) is 0 Å². The molecule has 2 atom stereocenters. The number of hydrogen-bond acceptors (Lipinski definition) is 2. The Kier molecular flexibility index (Phi) is 4.04. The molecule has 11 heavy (non-hydrogen) atoms. The molecule has 2 N–H and O–H groups in total. The summed E-state index contributed by atoms with van der Waals surface area (Å²) in [5, 5.41) is 19.1. The van der Waals surface area contributed by atoms with Gasteiger partial charge in [-0.1, -0.05) is 27.7 Å². The molecule has 2 unspecified atom stereocenters. The normalized spacial score (nSPS) is 18.0. The fourth-order valence-corrected chi connectivity index (χ4v) is 1.27. The smallest absolute Gasteiger partial charge is 0.0613 e. The van der Waals surface area contributed by atoms with Crippen molar-refractivity contribution in [1.29, 1.82) is 0 Å². The summed E-state index contributed by atoms with van der Waals surface area (Å²) in [5.74, 6) is 0. The lowest BCUT2D eigenvalue weighted by Crippen LogP contribution is -2.39. The maximum atomic E-state index is 9.53. The van der Waals surface area contributed by atoms with Gasteiger partial charge in [0.1, 0.15) is 0 Å². The van der Waals surface area contributed by atoms with Gasteiger partial charge in [0.2, 0.25) is 0 Å². The quantitative estimate of drug-likeness (QED) is 0.655. The Bertz CT molecular complexity index is 98.1. The van der Waals surface area contributed by atoms with E-state index in [9.17, 15) is 10.2 Å². The second-order valence-corrected chi connectivity index (χ2v) is 3.67. The van der Waals surface area contributed by atoms with E-state index in [1.165, 1.54) is 0 Å². The molecule has 68 valence electrons. The number of aliphatic hydroxyl groups excluding tert-OH is 2. The van der Waals surface area contributed by atoms with Crippen LogP contribution in [0.2, 0.25) is 0 Å². The Morgan fingerprint density at radius 3 is 1.45 bits per heavy atom. The third kappa shape index (κ3) is 2.46. The largest absolute Gasteiger partial charge is 0.392 e. The molecule has 0 heterocycles. The Hall–Kier alpha value is -0.0800. The Morgan fingerprint density at radius 2 is 1.27 bits per heavy atom. The first-order chi connectivity index (χ1) is 4.96. The Labute approximate surface area is 69.2 Å². The van der Waals surface area contributed by atoms with Crippen LogP contribution in [-0.4, -0.2) is 22.4 Å². The van der Waals surface area contributed by atoms with Gasteiger partial charge in [-0.15, -0.1) is 0 Å². The van der Waals surface area contributed by atoms with Gasteiger partial charge in [0.15, 0.2) is 0 Å². The van der Waals surface area contributed by atoms with Gasteiger partial charge < -0.3 is 10.2 Å². The highest BCUT2D eigenvalue weighted by Gasteiger charge is 2.32. The molecule has 0 aliphatic carbocycles.